The fourth-order valence-corrected chi connectivity index (χ4v) is 3.57. The maximum atomic E-state index is 10.9. The zero-order chi connectivity index (χ0) is 17.2. The number of rotatable bonds is 3. The Morgan fingerprint density at radius 2 is 1.80 bits per heavy atom. The van der Waals surface area contributed by atoms with Crippen LogP contribution < -0.4 is 0 Å². The van der Waals surface area contributed by atoms with Crippen molar-refractivity contribution in [1.82, 2.24) is 19.8 Å². The van der Waals surface area contributed by atoms with Gasteiger partial charge in [0.25, 0.3) is 0 Å². The SMILES string of the molecule is CN1CCN([C@@H](c2cccnc2)c2ccc3cccnc3c2O)CC1. The van der Waals surface area contributed by atoms with Crippen LogP contribution >= 0.6 is 0 Å². The Hall–Kier alpha value is -2.50. The summed E-state index contributed by atoms with van der Waals surface area (Å²) in [5, 5.41) is 11.9. The third kappa shape index (κ3) is 3.08. The van der Waals surface area contributed by atoms with E-state index in [9.17, 15) is 5.11 Å². The number of fused-ring (bicyclic) bond motifs is 1. The molecule has 0 aliphatic carbocycles. The third-order valence-corrected chi connectivity index (χ3v) is 4.98. The highest BCUT2D eigenvalue weighted by Crippen LogP contribution is 2.37. The smallest absolute Gasteiger partial charge is 0.146 e. The van der Waals surface area contributed by atoms with E-state index < -0.39 is 0 Å². The molecule has 1 aliphatic heterocycles. The molecule has 0 unspecified atom stereocenters. The van der Waals surface area contributed by atoms with Crippen LogP contribution in [0, 0.1) is 0 Å². The van der Waals surface area contributed by atoms with E-state index in [1.165, 1.54) is 0 Å². The van der Waals surface area contributed by atoms with Crippen molar-refractivity contribution >= 4 is 10.9 Å². The van der Waals surface area contributed by atoms with E-state index in [-0.39, 0.29) is 11.8 Å². The van der Waals surface area contributed by atoms with Gasteiger partial charge in [-0.3, -0.25) is 14.9 Å². The fourth-order valence-electron chi connectivity index (χ4n) is 3.57. The molecule has 5 heteroatoms. The number of phenolic OH excluding ortho intramolecular Hbond substituents is 1. The van der Waals surface area contributed by atoms with Crippen molar-refractivity contribution in [1.29, 1.82) is 0 Å². The van der Waals surface area contributed by atoms with Gasteiger partial charge < -0.3 is 10.0 Å². The molecule has 0 saturated carbocycles. The van der Waals surface area contributed by atoms with Crippen LogP contribution in [0.4, 0.5) is 0 Å². The van der Waals surface area contributed by atoms with Gasteiger partial charge in [0, 0.05) is 55.7 Å². The summed E-state index contributed by atoms with van der Waals surface area (Å²) in [4.78, 5) is 13.4. The van der Waals surface area contributed by atoms with Crippen molar-refractivity contribution in [2.75, 3.05) is 33.2 Å². The second-order valence-electron chi connectivity index (χ2n) is 6.61. The lowest BCUT2D eigenvalue weighted by atomic mass is 9.95. The fraction of sp³-hybridized carbons (Fsp3) is 0.300. The van der Waals surface area contributed by atoms with Crippen LogP contribution in [0.3, 0.4) is 0 Å². The normalized spacial score (nSPS) is 17.6. The van der Waals surface area contributed by atoms with Crippen LogP contribution in [0.2, 0.25) is 0 Å². The molecule has 1 aliphatic rings. The summed E-state index contributed by atoms with van der Waals surface area (Å²) in [5.74, 6) is 0.269. The molecular formula is C20H22N4O. The molecule has 1 atom stereocenters. The lowest BCUT2D eigenvalue weighted by Gasteiger charge is -2.38. The first-order valence-corrected chi connectivity index (χ1v) is 8.63. The minimum absolute atomic E-state index is 0.0196. The van der Waals surface area contributed by atoms with E-state index in [2.05, 4.69) is 32.9 Å². The van der Waals surface area contributed by atoms with Gasteiger partial charge in [-0.2, -0.15) is 0 Å². The summed E-state index contributed by atoms with van der Waals surface area (Å²) in [5.41, 5.74) is 2.64. The predicted octanol–water partition coefficient (Wildman–Crippen LogP) is 2.67. The first kappa shape index (κ1) is 16.0. The molecule has 3 aromatic rings. The predicted molar refractivity (Wildman–Crippen MR) is 98.6 cm³/mol. The zero-order valence-electron chi connectivity index (χ0n) is 14.3. The van der Waals surface area contributed by atoms with Crippen molar-refractivity contribution in [3.8, 4) is 5.75 Å². The number of hydrogen-bond donors (Lipinski definition) is 1. The molecule has 0 radical (unpaired) electrons. The molecule has 5 nitrogen and oxygen atoms in total. The molecule has 0 bridgehead atoms. The highest BCUT2D eigenvalue weighted by atomic mass is 16.3. The standard InChI is InChI=1S/C20H22N4O/c1-23-10-12-24(13-11-23)19(16-5-2-8-21-14-16)17-7-6-15-4-3-9-22-18(15)20(17)25/h2-9,14,19,25H,10-13H2,1H3/t19-/m0/s1. The van der Waals surface area contributed by atoms with Gasteiger partial charge in [-0.15, -0.1) is 0 Å². The van der Waals surface area contributed by atoms with Crippen LogP contribution in [-0.4, -0.2) is 58.1 Å². The highest BCUT2D eigenvalue weighted by Gasteiger charge is 2.28. The quantitative estimate of drug-likeness (QED) is 0.798. The first-order chi connectivity index (χ1) is 12.2. The van der Waals surface area contributed by atoms with Crippen LogP contribution in [-0.2, 0) is 0 Å². The summed E-state index contributed by atoms with van der Waals surface area (Å²) in [6, 6.07) is 11.9. The largest absolute Gasteiger partial charge is 0.505 e. The average molecular weight is 334 g/mol. The Balaban J connectivity index is 1.82. The lowest BCUT2D eigenvalue weighted by Crippen LogP contribution is -2.46. The zero-order valence-corrected chi connectivity index (χ0v) is 14.3. The topological polar surface area (TPSA) is 52.5 Å². The van der Waals surface area contributed by atoms with Gasteiger partial charge in [0.2, 0.25) is 0 Å². The van der Waals surface area contributed by atoms with Crippen molar-refractivity contribution in [2.24, 2.45) is 0 Å². The molecule has 4 rings (SSSR count). The summed E-state index contributed by atoms with van der Waals surface area (Å²) in [7, 11) is 2.15. The van der Waals surface area contributed by atoms with E-state index in [4.69, 9.17) is 0 Å². The first-order valence-electron chi connectivity index (χ1n) is 8.63. The Morgan fingerprint density at radius 3 is 2.56 bits per heavy atom. The molecule has 0 spiro atoms. The van der Waals surface area contributed by atoms with Crippen molar-refractivity contribution < 1.29 is 5.11 Å². The Labute approximate surface area is 147 Å². The summed E-state index contributed by atoms with van der Waals surface area (Å²) in [6.07, 6.45) is 5.40. The Morgan fingerprint density at radius 1 is 1.00 bits per heavy atom. The number of piperazine rings is 1. The molecule has 128 valence electrons. The van der Waals surface area contributed by atoms with Gasteiger partial charge in [0.1, 0.15) is 11.3 Å². The number of pyridine rings is 2. The molecule has 1 N–H and O–H groups in total. The molecule has 1 fully saturated rings. The maximum Gasteiger partial charge on any atom is 0.146 e. The second-order valence-corrected chi connectivity index (χ2v) is 6.61. The Bertz CT molecular complexity index is 860. The monoisotopic (exact) mass is 334 g/mol. The second kappa shape index (κ2) is 6.78. The number of nitrogens with zero attached hydrogens (tertiary/aromatic N) is 4. The summed E-state index contributed by atoms with van der Waals surface area (Å²) >= 11 is 0. The minimum Gasteiger partial charge on any atom is -0.505 e. The highest BCUT2D eigenvalue weighted by molar-refractivity contribution is 5.85. The molecule has 25 heavy (non-hydrogen) atoms. The number of hydrogen-bond acceptors (Lipinski definition) is 5. The van der Waals surface area contributed by atoms with E-state index >= 15 is 0 Å². The van der Waals surface area contributed by atoms with Crippen molar-refractivity contribution in [2.45, 2.75) is 6.04 Å². The summed E-state index contributed by atoms with van der Waals surface area (Å²) in [6.45, 7) is 3.94. The number of phenols is 1. The van der Waals surface area contributed by atoms with E-state index in [0.717, 1.165) is 42.7 Å². The van der Waals surface area contributed by atoms with Gasteiger partial charge in [-0.05, 0) is 24.7 Å². The molecule has 3 heterocycles. The van der Waals surface area contributed by atoms with Crippen LogP contribution in [0.15, 0.2) is 55.0 Å². The average Bonchev–Trinajstić information content (AvgIpc) is 2.66. The Kier molecular flexibility index (Phi) is 4.34. The minimum atomic E-state index is -0.0196. The molecular weight excluding hydrogens is 312 g/mol. The number of benzene rings is 1. The molecule has 2 aromatic heterocycles. The van der Waals surface area contributed by atoms with Gasteiger partial charge in [-0.25, -0.2) is 0 Å². The molecule has 0 amide bonds. The summed E-state index contributed by atoms with van der Waals surface area (Å²) < 4.78 is 0. The number of likely N-dealkylation sites (N-methyl/N-ethyl adjacent to an activating group) is 1. The van der Waals surface area contributed by atoms with Crippen molar-refractivity contribution in [3.05, 3.63) is 66.1 Å². The van der Waals surface area contributed by atoms with Gasteiger partial charge >= 0.3 is 0 Å². The maximum absolute atomic E-state index is 10.9. The third-order valence-electron chi connectivity index (χ3n) is 4.98. The van der Waals surface area contributed by atoms with E-state index in [1.807, 2.05) is 36.5 Å². The van der Waals surface area contributed by atoms with E-state index in [0.29, 0.717) is 5.52 Å². The van der Waals surface area contributed by atoms with Gasteiger partial charge in [-0.1, -0.05) is 24.3 Å². The molecule has 1 saturated heterocycles. The van der Waals surface area contributed by atoms with Crippen molar-refractivity contribution in [3.63, 3.8) is 0 Å². The van der Waals surface area contributed by atoms with Crippen LogP contribution in [0.25, 0.3) is 10.9 Å². The van der Waals surface area contributed by atoms with Crippen LogP contribution in [0.5, 0.6) is 5.75 Å². The van der Waals surface area contributed by atoms with E-state index in [1.54, 1.807) is 12.4 Å². The van der Waals surface area contributed by atoms with Gasteiger partial charge in [0.05, 0.1) is 6.04 Å². The number of aromatic hydroxyl groups is 1. The lowest BCUT2D eigenvalue weighted by molar-refractivity contribution is 0.126. The van der Waals surface area contributed by atoms with Crippen LogP contribution in [0.1, 0.15) is 17.2 Å². The number of aromatic nitrogens is 2. The van der Waals surface area contributed by atoms with Gasteiger partial charge in [0.15, 0.2) is 0 Å². The molecule has 1 aromatic carbocycles.